The third kappa shape index (κ3) is 2.46. The Hall–Kier alpha value is -2.66. The van der Waals surface area contributed by atoms with Crippen molar-refractivity contribution in [3.63, 3.8) is 0 Å². The van der Waals surface area contributed by atoms with Crippen LogP contribution in [0.15, 0.2) is 46.0 Å². The molecule has 0 radical (unpaired) electrons. The molecular formula is C17H17N3O2. The Morgan fingerprint density at radius 1 is 0.909 bits per heavy atom. The molecule has 1 aromatic heterocycles. The maximum absolute atomic E-state index is 11.5. The average molecular weight is 295 g/mol. The van der Waals surface area contributed by atoms with Crippen LogP contribution < -0.4 is 16.9 Å². The van der Waals surface area contributed by atoms with Crippen molar-refractivity contribution in [3.05, 3.63) is 79.4 Å². The zero-order valence-electron chi connectivity index (χ0n) is 12.4. The minimum atomic E-state index is -0.662. The summed E-state index contributed by atoms with van der Waals surface area (Å²) in [5, 5.41) is 0. The number of aromatic amines is 2. The molecule has 1 unspecified atom stereocenters. The van der Waals surface area contributed by atoms with E-state index < -0.39 is 11.1 Å². The number of nitrogens with two attached hydrogens (primary N) is 1. The largest absolute Gasteiger partial charge is 0.320 e. The lowest BCUT2D eigenvalue weighted by molar-refractivity contribution is 0.860. The topological polar surface area (TPSA) is 91.7 Å². The molecule has 2 aromatic carbocycles. The van der Waals surface area contributed by atoms with E-state index >= 15 is 0 Å². The molecular weight excluding hydrogens is 278 g/mol. The van der Waals surface area contributed by atoms with Gasteiger partial charge in [-0.1, -0.05) is 29.8 Å². The summed E-state index contributed by atoms with van der Waals surface area (Å²) in [4.78, 5) is 27.9. The molecule has 0 bridgehead atoms. The molecule has 5 nitrogen and oxygen atoms in total. The van der Waals surface area contributed by atoms with E-state index in [4.69, 9.17) is 5.73 Å². The van der Waals surface area contributed by atoms with Crippen molar-refractivity contribution in [2.75, 3.05) is 0 Å². The Kier molecular flexibility index (Phi) is 3.42. The Morgan fingerprint density at radius 3 is 2.32 bits per heavy atom. The fraction of sp³-hybridized carbons (Fsp3) is 0.176. The van der Waals surface area contributed by atoms with E-state index in [1.807, 2.05) is 32.0 Å². The van der Waals surface area contributed by atoms with Gasteiger partial charge < -0.3 is 15.7 Å². The van der Waals surface area contributed by atoms with E-state index in [9.17, 15) is 9.59 Å². The van der Waals surface area contributed by atoms with Crippen molar-refractivity contribution in [1.82, 2.24) is 9.97 Å². The normalized spacial score (nSPS) is 12.5. The molecule has 0 saturated carbocycles. The molecule has 22 heavy (non-hydrogen) atoms. The maximum atomic E-state index is 11.5. The van der Waals surface area contributed by atoms with Gasteiger partial charge in [0, 0.05) is 0 Å². The first-order valence-corrected chi connectivity index (χ1v) is 7.04. The smallest absolute Gasteiger partial charge is 0.314 e. The van der Waals surface area contributed by atoms with E-state index in [2.05, 4.69) is 16.0 Å². The van der Waals surface area contributed by atoms with Crippen LogP contribution in [0.4, 0.5) is 0 Å². The highest BCUT2D eigenvalue weighted by Gasteiger charge is 2.13. The number of hydrogen-bond acceptors (Lipinski definition) is 3. The Labute approximate surface area is 126 Å². The first-order chi connectivity index (χ1) is 10.5. The highest BCUT2D eigenvalue weighted by atomic mass is 16.2. The molecule has 0 spiro atoms. The molecule has 3 aromatic rings. The first kappa shape index (κ1) is 14.3. The van der Waals surface area contributed by atoms with Crippen LogP contribution in [-0.4, -0.2) is 9.97 Å². The molecule has 0 fully saturated rings. The molecule has 5 heteroatoms. The van der Waals surface area contributed by atoms with Crippen LogP contribution in [0, 0.1) is 13.8 Å². The van der Waals surface area contributed by atoms with E-state index in [1.165, 1.54) is 0 Å². The number of nitrogens with one attached hydrogen (secondary N) is 2. The average Bonchev–Trinajstić information content (AvgIpc) is 2.50. The SMILES string of the molecule is Cc1ccc(C)c(C(N)c2ccc3[nH]c(=O)c(=O)[nH]c3c2)c1. The minimum Gasteiger partial charge on any atom is -0.320 e. The quantitative estimate of drug-likeness (QED) is 0.630. The number of H-pyrrole nitrogens is 2. The molecule has 112 valence electrons. The van der Waals surface area contributed by atoms with Gasteiger partial charge in [-0.25, -0.2) is 0 Å². The Bertz CT molecular complexity index is 970. The summed E-state index contributed by atoms with van der Waals surface area (Å²) in [5.74, 6) is 0. The van der Waals surface area contributed by atoms with Gasteiger partial charge in [-0.15, -0.1) is 0 Å². The predicted octanol–water partition coefficient (Wildman–Crippen LogP) is 1.88. The number of hydrogen-bond donors (Lipinski definition) is 3. The van der Waals surface area contributed by atoms with Crippen LogP contribution in [0.1, 0.15) is 28.3 Å². The van der Waals surface area contributed by atoms with Crippen molar-refractivity contribution in [1.29, 1.82) is 0 Å². The van der Waals surface area contributed by atoms with Gasteiger partial charge in [-0.3, -0.25) is 9.59 Å². The summed E-state index contributed by atoms with van der Waals surface area (Å²) >= 11 is 0. The fourth-order valence-electron chi connectivity index (χ4n) is 2.60. The Morgan fingerprint density at radius 2 is 1.59 bits per heavy atom. The number of fused-ring (bicyclic) bond motifs is 1. The van der Waals surface area contributed by atoms with Crippen LogP contribution in [0.2, 0.25) is 0 Å². The summed E-state index contributed by atoms with van der Waals surface area (Å²) in [6.45, 7) is 4.05. The second-order valence-electron chi connectivity index (χ2n) is 5.55. The summed E-state index contributed by atoms with van der Waals surface area (Å²) in [5.41, 5.74) is 10.4. The van der Waals surface area contributed by atoms with Crippen molar-refractivity contribution in [3.8, 4) is 0 Å². The van der Waals surface area contributed by atoms with Crippen LogP contribution in [0.5, 0.6) is 0 Å². The number of rotatable bonds is 2. The lowest BCUT2D eigenvalue weighted by Gasteiger charge is -2.16. The minimum absolute atomic E-state index is 0.292. The van der Waals surface area contributed by atoms with Gasteiger partial charge in [-0.2, -0.15) is 0 Å². The van der Waals surface area contributed by atoms with E-state index in [1.54, 1.807) is 12.1 Å². The van der Waals surface area contributed by atoms with Gasteiger partial charge in [0.1, 0.15) is 0 Å². The third-order valence-corrected chi connectivity index (χ3v) is 3.88. The maximum Gasteiger partial charge on any atom is 0.314 e. The summed E-state index contributed by atoms with van der Waals surface area (Å²) in [6.07, 6.45) is 0. The van der Waals surface area contributed by atoms with Gasteiger partial charge in [0.25, 0.3) is 0 Å². The monoisotopic (exact) mass is 295 g/mol. The molecule has 0 amide bonds. The molecule has 3 rings (SSSR count). The Balaban J connectivity index is 2.13. The van der Waals surface area contributed by atoms with Crippen LogP contribution in [-0.2, 0) is 0 Å². The lowest BCUT2D eigenvalue weighted by Crippen LogP contribution is -2.29. The standard InChI is InChI=1S/C17H17N3O2/c1-9-3-4-10(2)12(7-9)15(18)11-5-6-13-14(8-11)20-17(22)16(21)19-13/h3-8,15H,18H2,1-2H3,(H,19,21)(H,20,22). The van der Waals surface area contributed by atoms with Gasteiger partial charge >= 0.3 is 11.1 Å². The summed E-state index contributed by atoms with van der Waals surface area (Å²) in [7, 11) is 0. The van der Waals surface area contributed by atoms with Crippen molar-refractivity contribution in [2.24, 2.45) is 5.73 Å². The zero-order valence-corrected chi connectivity index (χ0v) is 12.4. The van der Waals surface area contributed by atoms with Gasteiger partial charge in [0.05, 0.1) is 17.1 Å². The highest BCUT2D eigenvalue weighted by Crippen LogP contribution is 2.25. The highest BCUT2D eigenvalue weighted by molar-refractivity contribution is 5.74. The second-order valence-corrected chi connectivity index (χ2v) is 5.55. The van der Waals surface area contributed by atoms with Gasteiger partial charge in [0.15, 0.2) is 0 Å². The van der Waals surface area contributed by atoms with E-state index in [0.717, 1.165) is 22.3 Å². The van der Waals surface area contributed by atoms with E-state index in [0.29, 0.717) is 11.0 Å². The molecule has 0 aliphatic heterocycles. The number of aromatic nitrogens is 2. The first-order valence-electron chi connectivity index (χ1n) is 7.04. The molecule has 1 heterocycles. The molecule has 4 N–H and O–H groups in total. The second kappa shape index (κ2) is 5.27. The molecule has 0 saturated heterocycles. The summed E-state index contributed by atoms with van der Waals surface area (Å²) < 4.78 is 0. The number of aryl methyl sites for hydroxylation is 2. The van der Waals surface area contributed by atoms with Crippen LogP contribution in [0.25, 0.3) is 11.0 Å². The zero-order chi connectivity index (χ0) is 15.9. The van der Waals surface area contributed by atoms with Crippen molar-refractivity contribution in [2.45, 2.75) is 19.9 Å². The molecule has 1 atom stereocenters. The summed E-state index contributed by atoms with van der Waals surface area (Å²) in [6, 6.07) is 11.3. The van der Waals surface area contributed by atoms with Crippen molar-refractivity contribution < 1.29 is 0 Å². The van der Waals surface area contributed by atoms with E-state index in [-0.39, 0.29) is 6.04 Å². The van der Waals surface area contributed by atoms with Crippen LogP contribution >= 0.6 is 0 Å². The van der Waals surface area contributed by atoms with Crippen LogP contribution in [0.3, 0.4) is 0 Å². The lowest BCUT2D eigenvalue weighted by atomic mass is 9.94. The van der Waals surface area contributed by atoms with Gasteiger partial charge in [-0.05, 0) is 42.7 Å². The third-order valence-electron chi connectivity index (χ3n) is 3.88. The molecule has 0 aliphatic rings. The van der Waals surface area contributed by atoms with Gasteiger partial charge in [0.2, 0.25) is 0 Å². The fourth-order valence-corrected chi connectivity index (χ4v) is 2.60. The number of benzene rings is 2. The molecule has 0 aliphatic carbocycles. The predicted molar refractivity (Wildman–Crippen MR) is 87.1 cm³/mol. The van der Waals surface area contributed by atoms with Crippen molar-refractivity contribution >= 4 is 11.0 Å².